The van der Waals surface area contributed by atoms with Crippen molar-refractivity contribution in [2.75, 3.05) is 37.6 Å². The fraction of sp³-hybridized carbons (Fsp3) is 0.440. The molecule has 2 aromatic carbocycles. The van der Waals surface area contributed by atoms with Crippen molar-refractivity contribution in [1.82, 2.24) is 10.2 Å². The van der Waals surface area contributed by atoms with Crippen LogP contribution in [0.3, 0.4) is 0 Å². The summed E-state index contributed by atoms with van der Waals surface area (Å²) in [6.45, 7) is 7.48. The van der Waals surface area contributed by atoms with Gasteiger partial charge in [-0.25, -0.2) is 0 Å². The van der Waals surface area contributed by atoms with Crippen molar-refractivity contribution < 1.29 is 4.79 Å². The van der Waals surface area contributed by atoms with Crippen LogP contribution in [-0.2, 0) is 17.8 Å². The van der Waals surface area contributed by atoms with Crippen LogP contribution in [0.5, 0.6) is 0 Å². The Morgan fingerprint density at radius 2 is 2.00 bits per heavy atom. The minimum atomic E-state index is 0.0273. The Labute approximate surface area is 179 Å². The van der Waals surface area contributed by atoms with Crippen LogP contribution < -0.4 is 10.2 Å². The van der Waals surface area contributed by atoms with Crippen molar-refractivity contribution in [2.24, 2.45) is 5.92 Å². The Hall–Kier alpha value is -2.84. The summed E-state index contributed by atoms with van der Waals surface area (Å²) < 4.78 is 0. The standard InChI is InChI=1S/C25H30N4O/c1-19-4-7-22-17-28(13-10-21(22)15-19)14-11-27-25(30)23-3-2-12-29(18-23)24-8-5-20(16-26)6-9-24/h4-9,15,23H,2-3,10-14,17-18H2,1H3,(H,27,30). The van der Waals surface area contributed by atoms with E-state index in [1.165, 1.54) is 16.7 Å². The largest absolute Gasteiger partial charge is 0.371 e. The third-order valence-corrected chi connectivity index (χ3v) is 6.33. The van der Waals surface area contributed by atoms with Crippen LogP contribution in [0.4, 0.5) is 5.69 Å². The van der Waals surface area contributed by atoms with Gasteiger partial charge in [0, 0.05) is 45.0 Å². The molecule has 0 radical (unpaired) electrons. The molecule has 30 heavy (non-hydrogen) atoms. The summed E-state index contributed by atoms with van der Waals surface area (Å²) >= 11 is 0. The number of nitrogens with zero attached hydrogens (tertiary/aromatic N) is 3. The number of hydrogen-bond donors (Lipinski definition) is 1. The van der Waals surface area contributed by atoms with Crippen LogP contribution in [0, 0.1) is 24.2 Å². The zero-order valence-corrected chi connectivity index (χ0v) is 17.7. The zero-order valence-electron chi connectivity index (χ0n) is 17.7. The summed E-state index contributed by atoms with van der Waals surface area (Å²) in [5.74, 6) is 0.195. The molecule has 0 bridgehead atoms. The smallest absolute Gasteiger partial charge is 0.224 e. The molecule has 1 amide bonds. The molecule has 156 valence electrons. The third-order valence-electron chi connectivity index (χ3n) is 6.33. The van der Waals surface area contributed by atoms with E-state index in [0.717, 1.165) is 57.7 Å². The molecule has 5 heteroatoms. The first-order chi connectivity index (χ1) is 14.6. The van der Waals surface area contributed by atoms with E-state index in [9.17, 15) is 4.79 Å². The van der Waals surface area contributed by atoms with E-state index in [4.69, 9.17) is 5.26 Å². The van der Waals surface area contributed by atoms with Gasteiger partial charge < -0.3 is 10.2 Å². The summed E-state index contributed by atoms with van der Waals surface area (Å²) in [6, 6.07) is 16.5. The van der Waals surface area contributed by atoms with E-state index >= 15 is 0 Å². The normalized spacial score (nSPS) is 19.1. The molecule has 0 spiro atoms. The van der Waals surface area contributed by atoms with Gasteiger partial charge in [0.25, 0.3) is 0 Å². The van der Waals surface area contributed by atoms with E-state index in [1.807, 2.05) is 24.3 Å². The molecule has 1 fully saturated rings. The number of rotatable bonds is 5. The Bertz CT molecular complexity index is 931. The second-order valence-corrected chi connectivity index (χ2v) is 8.53. The summed E-state index contributed by atoms with van der Waals surface area (Å²) in [7, 11) is 0. The number of anilines is 1. The number of hydrogen-bond acceptors (Lipinski definition) is 4. The topological polar surface area (TPSA) is 59.4 Å². The van der Waals surface area contributed by atoms with E-state index in [2.05, 4.69) is 46.3 Å². The molecule has 2 aromatic rings. The lowest BCUT2D eigenvalue weighted by molar-refractivity contribution is -0.125. The van der Waals surface area contributed by atoms with Gasteiger partial charge in [0.2, 0.25) is 5.91 Å². The summed E-state index contributed by atoms with van der Waals surface area (Å²) in [4.78, 5) is 17.4. The lowest BCUT2D eigenvalue weighted by atomic mass is 9.96. The van der Waals surface area contributed by atoms with E-state index in [-0.39, 0.29) is 11.8 Å². The highest BCUT2D eigenvalue weighted by molar-refractivity contribution is 5.79. The number of fused-ring (bicyclic) bond motifs is 1. The molecule has 1 unspecified atom stereocenters. The van der Waals surface area contributed by atoms with Gasteiger partial charge in [-0.3, -0.25) is 9.69 Å². The minimum Gasteiger partial charge on any atom is -0.371 e. The number of carbonyl (C=O) groups is 1. The summed E-state index contributed by atoms with van der Waals surface area (Å²) in [5, 5.41) is 12.1. The molecule has 2 aliphatic rings. The predicted octanol–water partition coefficient (Wildman–Crippen LogP) is 3.26. The van der Waals surface area contributed by atoms with Gasteiger partial charge in [-0.15, -0.1) is 0 Å². The highest BCUT2D eigenvalue weighted by Crippen LogP contribution is 2.24. The van der Waals surface area contributed by atoms with Gasteiger partial charge in [0.15, 0.2) is 0 Å². The maximum atomic E-state index is 12.8. The van der Waals surface area contributed by atoms with Crippen LogP contribution in [0.25, 0.3) is 0 Å². The first-order valence-corrected chi connectivity index (χ1v) is 11.0. The molecular formula is C25H30N4O. The van der Waals surface area contributed by atoms with E-state index in [0.29, 0.717) is 12.1 Å². The lowest BCUT2D eigenvalue weighted by Crippen LogP contribution is -2.45. The SMILES string of the molecule is Cc1ccc2c(c1)CCN(CCNC(=O)C1CCCN(c3ccc(C#N)cc3)C1)C2. The van der Waals surface area contributed by atoms with Crippen molar-refractivity contribution in [3.05, 3.63) is 64.7 Å². The molecule has 0 saturated carbocycles. The number of amides is 1. The number of aryl methyl sites for hydroxylation is 1. The highest BCUT2D eigenvalue weighted by Gasteiger charge is 2.26. The number of nitriles is 1. The molecule has 4 rings (SSSR count). The number of carbonyl (C=O) groups excluding carboxylic acids is 1. The quantitative estimate of drug-likeness (QED) is 0.834. The van der Waals surface area contributed by atoms with Crippen molar-refractivity contribution in [2.45, 2.75) is 32.7 Å². The van der Waals surface area contributed by atoms with Crippen LogP contribution in [0.1, 0.15) is 35.1 Å². The number of benzene rings is 2. The molecule has 0 aromatic heterocycles. The zero-order chi connectivity index (χ0) is 20.9. The monoisotopic (exact) mass is 402 g/mol. The van der Waals surface area contributed by atoms with Crippen molar-refractivity contribution in [1.29, 1.82) is 5.26 Å². The fourth-order valence-corrected chi connectivity index (χ4v) is 4.59. The fourth-order valence-electron chi connectivity index (χ4n) is 4.59. The molecule has 0 aliphatic carbocycles. The third kappa shape index (κ3) is 4.83. The Morgan fingerprint density at radius 3 is 2.80 bits per heavy atom. The molecule has 2 aliphatic heterocycles. The van der Waals surface area contributed by atoms with Crippen LogP contribution in [0.15, 0.2) is 42.5 Å². The summed E-state index contributed by atoms with van der Waals surface area (Å²) in [5.41, 5.74) is 5.98. The van der Waals surface area contributed by atoms with Crippen LogP contribution >= 0.6 is 0 Å². The van der Waals surface area contributed by atoms with Gasteiger partial charge in [0.05, 0.1) is 17.6 Å². The molecule has 5 nitrogen and oxygen atoms in total. The molecule has 1 N–H and O–H groups in total. The Morgan fingerprint density at radius 1 is 1.17 bits per heavy atom. The van der Waals surface area contributed by atoms with E-state index in [1.54, 1.807) is 0 Å². The van der Waals surface area contributed by atoms with Gasteiger partial charge in [-0.05, 0) is 61.6 Å². The van der Waals surface area contributed by atoms with Gasteiger partial charge in [-0.1, -0.05) is 23.8 Å². The molecule has 1 saturated heterocycles. The van der Waals surface area contributed by atoms with Gasteiger partial charge in [-0.2, -0.15) is 5.26 Å². The van der Waals surface area contributed by atoms with E-state index < -0.39 is 0 Å². The Kier molecular flexibility index (Phi) is 6.35. The summed E-state index contributed by atoms with van der Waals surface area (Å²) in [6.07, 6.45) is 3.04. The van der Waals surface area contributed by atoms with Crippen molar-refractivity contribution in [3.63, 3.8) is 0 Å². The molecule has 2 heterocycles. The first kappa shape index (κ1) is 20.4. The van der Waals surface area contributed by atoms with Crippen molar-refractivity contribution >= 4 is 11.6 Å². The highest BCUT2D eigenvalue weighted by atomic mass is 16.1. The molecule has 1 atom stereocenters. The second-order valence-electron chi connectivity index (χ2n) is 8.53. The Balaban J connectivity index is 1.25. The first-order valence-electron chi connectivity index (χ1n) is 11.0. The minimum absolute atomic E-state index is 0.0273. The van der Waals surface area contributed by atoms with Crippen LogP contribution in [-0.4, -0.2) is 43.5 Å². The van der Waals surface area contributed by atoms with Gasteiger partial charge >= 0.3 is 0 Å². The predicted molar refractivity (Wildman–Crippen MR) is 119 cm³/mol. The van der Waals surface area contributed by atoms with Crippen LogP contribution in [0.2, 0.25) is 0 Å². The maximum absolute atomic E-state index is 12.8. The average molecular weight is 403 g/mol. The van der Waals surface area contributed by atoms with Gasteiger partial charge in [0.1, 0.15) is 0 Å². The number of piperidine rings is 1. The lowest BCUT2D eigenvalue weighted by Gasteiger charge is -2.34. The molecular weight excluding hydrogens is 372 g/mol. The maximum Gasteiger partial charge on any atom is 0.224 e. The number of nitrogens with one attached hydrogen (secondary N) is 1. The van der Waals surface area contributed by atoms with Crippen molar-refractivity contribution in [3.8, 4) is 6.07 Å². The average Bonchev–Trinajstić information content (AvgIpc) is 2.79. The second kappa shape index (κ2) is 9.32.